The van der Waals surface area contributed by atoms with Gasteiger partial charge in [-0.2, -0.15) is 0 Å². The Balaban J connectivity index is 0.00000338. The standard InChI is InChI=1S/C20H34N4O.HI/c1-4-21-20(23-16-18-11-5-6-12-19(18)25-3)22-13-9-15-24-14-8-7-10-17(24)2;/h5-6,11-12,17H,4,7-10,13-16H2,1-3H3,(H2,21,22,23);1H. The molecule has 26 heavy (non-hydrogen) atoms. The second kappa shape index (κ2) is 13.2. The Morgan fingerprint density at radius 2 is 2.08 bits per heavy atom. The van der Waals surface area contributed by atoms with Gasteiger partial charge in [-0.05, 0) is 45.7 Å². The highest BCUT2D eigenvalue weighted by Gasteiger charge is 2.17. The summed E-state index contributed by atoms with van der Waals surface area (Å²) >= 11 is 0. The first-order valence-electron chi connectivity index (χ1n) is 9.62. The molecule has 1 saturated heterocycles. The van der Waals surface area contributed by atoms with Gasteiger partial charge in [-0.1, -0.05) is 24.6 Å². The molecular weight excluding hydrogens is 439 g/mol. The number of rotatable bonds is 8. The number of para-hydroxylation sites is 1. The number of ether oxygens (including phenoxy) is 1. The zero-order valence-electron chi connectivity index (χ0n) is 16.5. The van der Waals surface area contributed by atoms with Crippen LogP contribution in [0.1, 0.15) is 45.1 Å². The topological polar surface area (TPSA) is 48.9 Å². The minimum atomic E-state index is 0. The summed E-state index contributed by atoms with van der Waals surface area (Å²) in [5, 5.41) is 6.78. The molecule has 1 atom stereocenters. The fourth-order valence-corrected chi connectivity index (χ4v) is 3.32. The number of methoxy groups -OCH3 is 1. The highest BCUT2D eigenvalue weighted by Crippen LogP contribution is 2.18. The summed E-state index contributed by atoms with van der Waals surface area (Å²) in [6.45, 7) is 9.29. The zero-order chi connectivity index (χ0) is 17.9. The van der Waals surface area contributed by atoms with E-state index in [1.54, 1.807) is 7.11 Å². The second-order valence-corrected chi connectivity index (χ2v) is 6.67. The fraction of sp³-hybridized carbons (Fsp3) is 0.650. The molecule has 0 bridgehead atoms. The number of likely N-dealkylation sites (tertiary alicyclic amines) is 1. The van der Waals surface area contributed by atoms with E-state index in [-0.39, 0.29) is 24.0 Å². The Bertz CT molecular complexity index is 538. The summed E-state index contributed by atoms with van der Waals surface area (Å²) in [5.74, 6) is 1.77. The minimum Gasteiger partial charge on any atom is -0.496 e. The summed E-state index contributed by atoms with van der Waals surface area (Å²) < 4.78 is 5.40. The third-order valence-corrected chi connectivity index (χ3v) is 4.80. The van der Waals surface area contributed by atoms with Gasteiger partial charge in [0.2, 0.25) is 0 Å². The molecule has 1 fully saturated rings. The van der Waals surface area contributed by atoms with Gasteiger partial charge in [0, 0.05) is 31.2 Å². The van der Waals surface area contributed by atoms with Crippen LogP contribution in [0.3, 0.4) is 0 Å². The number of hydrogen-bond donors (Lipinski definition) is 2. The van der Waals surface area contributed by atoms with Crippen LogP contribution in [-0.2, 0) is 6.54 Å². The molecule has 1 aromatic carbocycles. The Kier molecular flexibility index (Phi) is 11.7. The molecule has 148 valence electrons. The Labute approximate surface area is 176 Å². The molecule has 0 spiro atoms. The number of benzene rings is 1. The molecule has 2 N–H and O–H groups in total. The summed E-state index contributed by atoms with van der Waals surface area (Å²) in [7, 11) is 1.70. The normalized spacial score (nSPS) is 18.1. The van der Waals surface area contributed by atoms with E-state index in [0.29, 0.717) is 6.54 Å². The number of piperidine rings is 1. The monoisotopic (exact) mass is 474 g/mol. The van der Waals surface area contributed by atoms with Crippen molar-refractivity contribution in [3.8, 4) is 5.75 Å². The van der Waals surface area contributed by atoms with Crippen molar-refractivity contribution in [2.75, 3.05) is 33.3 Å². The van der Waals surface area contributed by atoms with Gasteiger partial charge in [-0.3, -0.25) is 0 Å². The summed E-state index contributed by atoms with van der Waals surface area (Å²) in [6.07, 6.45) is 5.22. The molecule has 6 heteroatoms. The van der Waals surface area contributed by atoms with E-state index in [9.17, 15) is 0 Å². The lowest BCUT2D eigenvalue weighted by Crippen LogP contribution is -2.41. The molecule has 1 heterocycles. The second-order valence-electron chi connectivity index (χ2n) is 6.67. The fourth-order valence-electron chi connectivity index (χ4n) is 3.32. The zero-order valence-corrected chi connectivity index (χ0v) is 18.8. The molecule has 0 saturated carbocycles. The first-order valence-corrected chi connectivity index (χ1v) is 9.62. The van der Waals surface area contributed by atoms with E-state index in [0.717, 1.165) is 42.8 Å². The first kappa shape index (κ1) is 23.0. The van der Waals surface area contributed by atoms with Crippen molar-refractivity contribution < 1.29 is 4.74 Å². The quantitative estimate of drug-likeness (QED) is 0.262. The largest absolute Gasteiger partial charge is 0.496 e. The van der Waals surface area contributed by atoms with E-state index in [1.807, 2.05) is 18.2 Å². The van der Waals surface area contributed by atoms with Crippen molar-refractivity contribution in [2.45, 2.75) is 52.1 Å². The average Bonchev–Trinajstić information content (AvgIpc) is 2.64. The predicted octanol–water partition coefficient (Wildman–Crippen LogP) is 3.63. The lowest BCUT2D eigenvalue weighted by Gasteiger charge is -2.33. The molecule has 1 unspecified atom stereocenters. The maximum atomic E-state index is 5.40. The first-order chi connectivity index (χ1) is 12.2. The molecule has 5 nitrogen and oxygen atoms in total. The van der Waals surface area contributed by atoms with E-state index in [1.165, 1.54) is 32.4 Å². The van der Waals surface area contributed by atoms with Crippen molar-refractivity contribution in [2.24, 2.45) is 4.99 Å². The molecule has 1 aliphatic rings. The summed E-state index contributed by atoms with van der Waals surface area (Å²) in [4.78, 5) is 7.31. The molecule has 0 radical (unpaired) electrons. The number of hydrogen-bond acceptors (Lipinski definition) is 3. The Hall–Kier alpha value is -1.02. The smallest absolute Gasteiger partial charge is 0.191 e. The van der Waals surface area contributed by atoms with Gasteiger partial charge in [-0.25, -0.2) is 4.99 Å². The van der Waals surface area contributed by atoms with Crippen LogP contribution in [0.2, 0.25) is 0 Å². The van der Waals surface area contributed by atoms with Crippen LogP contribution in [0.5, 0.6) is 5.75 Å². The van der Waals surface area contributed by atoms with Gasteiger partial charge < -0.3 is 20.3 Å². The molecule has 1 aromatic rings. The van der Waals surface area contributed by atoms with Crippen molar-refractivity contribution in [3.63, 3.8) is 0 Å². The third kappa shape index (κ3) is 7.70. The van der Waals surface area contributed by atoms with E-state index in [4.69, 9.17) is 9.73 Å². The lowest BCUT2D eigenvalue weighted by atomic mass is 10.0. The Morgan fingerprint density at radius 3 is 2.81 bits per heavy atom. The van der Waals surface area contributed by atoms with Crippen LogP contribution in [0.4, 0.5) is 0 Å². The predicted molar refractivity (Wildman–Crippen MR) is 121 cm³/mol. The van der Waals surface area contributed by atoms with Crippen molar-refractivity contribution in [1.29, 1.82) is 0 Å². The van der Waals surface area contributed by atoms with E-state index >= 15 is 0 Å². The SMILES string of the molecule is CCNC(=NCc1ccccc1OC)NCCCN1CCCCC1C.I. The minimum absolute atomic E-state index is 0. The molecular formula is C20H35IN4O. The van der Waals surface area contributed by atoms with Crippen molar-refractivity contribution in [3.05, 3.63) is 29.8 Å². The van der Waals surface area contributed by atoms with Crippen LogP contribution in [0, 0.1) is 0 Å². The average molecular weight is 474 g/mol. The van der Waals surface area contributed by atoms with Gasteiger partial charge in [0.05, 0.1) is 13.7 Å². The van der Waals surface area contributed by atoms with Gasteiger partial charge in [-0.15, -0.1) is 24.0 Å². The van der Waals surface area contributed by atoms with Gasteiger partial charge in [0.25, 0.3) is 0 Å². The highest BCUT2D eigenvalue weighted by molar-refractivity contribution is 14.0. The highest BCUT2D eigenvalue weighted by atomic mass is 127. The van der Waals surface area contributed by atoms with Crippen LogP contribution in [-0.4, -0.2) is 50.2 Å². The van der Waals surface area contributed by atoms with Crippen molar-refractivity contribution in [1.82, 2.24) is 15.5 Å². The van der Waals surface area contributed by atoms with Crippen LogP contribution in [0.25, 0.3) is 0 Å². The molecule has 0 aromatic heterocycles. The number of halogens is 1. The number of nitrogens with one attached hydrogen (secondary N) is 2. The van der Waals surface area contributed by atoms with E-state index in [2.05, 4.69) is 35.4 Å². The van der Waals surface area contributed by atoms with E-state index < -0.39 is 0 Å². The molecule has 0 amide bonds. The van der Waals surface area contributed by atoms with Gasteiger partial charge in [0.1, 0.15) is 5.75 Å². The summed E-state index contributed by atoms with van der Waals surface area (Å²) in [5.41, 5.74) is 1.10. The number of aliphatic imine (C=N–C) groups is 1. The van der Waals surface area contributed by atoms with Crippen LogP contribution < -0.4 is 15.4 Å². The van der Waals surface area contributed by atoms with Crippen molar-refractivity contribution >= 4 is 29.9 Å². The van der Waals surface area contributed by atoms with Crippen LogP contribution in [0.15, 0.2) is 29.3 Å². The number of guanidine groups is 1. The maximum absolute atomic E-state index is 5.40. The third-order valence-electron chi connectivity index (χ3n) is 4.80. The summed E-state index contributed by atoms with van der Waals surface area (Å²) in [6, 6.07) is 8.78. The maximum Gasteiger partial charge on any atom is 0.191 e. The Morgan fingerprint density at radius 1 is 1.27 bits per heavy atom. The molecule has 1 aliphatic heterocycles. The van der Waals surface area contributed by atoms with Crippen LogP contribution >= 0.6 is 24.0 Å². The lowest BCUT2D eigenvalue weighted by molar-refractivity contribution is 0.159. The number of nitrogens with zero attached hydrogens (tertiary/aromatic N) is 2. The molecule has 0 aliphatic carbocycles. The van der Waals surface area contributed by atoms with Gasteiger partial charge in [0.15, 0.2) is 5.96 Å². The molecule has 2 rings (SSSR count). The van der Waals surface area contributed by atoms with Gasteiger partial charge >= 0.3 is 0 Å².